The first-order valence-electron chi connectivity index (χ1n) is 4.25. The summed E-state index contributed by atoms with van der Waals surface area (Å²) >= 11 is -0.312. The quantitative estimate of drug-likeness (QED) is 0.554. The van der Waals surface area contributed by atoms with Gasteiger partial charge in [0.25, 0.3) is 0 Å². The van der Waals surface area contributed by atoms with Gasteiger partial charge in [0.15, 0.2) is 0 Å². The summed E-state index contributed by atoms with van der Waals surface area (Å²) in [4.78, 5) is 11.1. The molecule has 0 fully saturated rings. The third-order valence-electron chi connectivity index (χ3n) is 1.07. The standard InChI is InChI=1S/C8H18GeO2S/c1-5-12-7-6-8(10)11-9(2,3)4/h5-7H2,1-4H3. The maximum absolute atomic E-state index is 11.1. The van der Waals surface area contributed by atoms with Crippen molar-refractivity contribution in [3.05, 3.63) is 0 Å². The second-order valence-electron chi connectivity index (χ2n) is 3.53. The molecule has 12 heavy (non-hydrogen) atoms. The van der Waals surface area contributed by atoms with Crippen LogP contribution in [0.2, 0.25) is 17.3 Å². The van der Waals surface area contributed by atoms with Gasteiger partial charge in [-0.3, -0.25) is 0 Å². The van der Waals surface area contributed by atoms with E-state index in [4.69, 9.17) is 3.76 Å². The Kier molecular flexibility index (Phi) is 6.09. The minimum absolute atomic E-state index is 0.0107. The fraction of sp³-hybridized carbons (Fsp3) is 0.875. The van der Waals surface area contributed by atoms with Crippen molar-refractivity contribution in [2.45, 2.75) is 30.6 Å². The number of carbonyl (C=O) groups excluding carboxylic acids is 1. The Balaban J connectivity index is 3.47. The van der Waals surface area contributed by atoms with Crippen molar-refractivity contribution in [1.82, 2.24) is 0 Å². The molecule has 0 aromatic rings. The van der Waals surface area contributed by atoms with Gasteiger partial charge >= 0.3 is 82.0 Å². The molecule has 0 aliphatic carbocycles. The van der Waals surface area contributed by atoms with Crippen molar-refractivity contribution in [2.24, 2.45) is 0 Å². The molecule has 0 heterocycles. The zero-order valence-electron chi connectivity index (χ0n) is 8.35. The van der Waals surface area contributed by atoms with Crippen LogP contribution in [0.5, 0.6) is 0 Å². The van der Waals surface area contributed by atoms with E-state index in [1.54, 1.807) is 11.8 Å². The van der Waals surface area contributed by atoms with Gasteiger partial charge in [-0.15, -0.1) is 0 Å². The summed E-state index contributed by atoms with van der Waals surface area (Å²) in [5, 5.41) is 0. The molecule has 0 amide bonds. The first-order valence-corrected chi connectivity index (χ1v) is 12.6. The number of thioether (sulfide) groups is 1. The molecular formula is C8H18GeO2S. The first kappa shape index (κ1) is 12.4. The van der Waals surface area contributed by atoms with Crippen LogP contribution in [0.25, 0.3) is 0 Å². The van der Waals surface area contributed by atoms with Gasteiger partial charge in [-0.25, -0.2) is 0 Å². The Morgan fingerprint density at radius 2 is 2.00 bits per heavy atom. The molecular weight excluding hydrogens is 233 g/mol. The van der Waals surface area contributed by atoms with Gasteiger partial charge in [0.05, 0.1) is 0 Å². The Bertz CT molecular complexity index is 142. The molecule has 0 aromatic heterocycles. The summed E-state index contributed by atoms with van der Waals surface area (Å²) in [5.74, 6) is 8.18. The first-order chi connectivity index (χ1) is 5.45. The van der Waals surface area contributed by atoms with Gasteiger partial charge in [0, 0.05) is 0 Å². The molecule has 0 saturated heterocycles. The van der Waals surface area contributed by atoms with Crippen LogP contribution >= 0.6 is 11.8 Å². The second kappa shape index (κ2) is 5.92. The maximum atomic E-state index is 11.1. The van der Waals surface area contributed by atoms with Crippen molar-refractivity contribution in [3.8, 4) is 0 Å². The predicted octanol–water partition coefficient (Wildman–Crippen LogP) is 2.51. The molecule has 0 rings (SSSR count). The molecule has 0 atom stereocenters. The normalized spacial score (nSPS) is 11.3. The number of hydrogen-bond donors (Lipinski definition) is 0. The van der Waals surface area contributed by atoms with Crippen molar-refractivity contribution in [1.29, 1.82) is 0 Å². The molecule has 0 N–H and O–H groups in total. The molecule has 0 radical (unpaired) electrons. The van der Waals surface area contributed by atoms with Crippen LogP contribution in [0.1, 0.15) is 13.3 Å². The Morgan fingerprint density at radius 1 is 1.42 bits per heavy atom. The zero-order valence-corrected chi connectivity index (χ0v) is 11.3. The Morgan fingerprint density at radius 3 is 2.42 bits per heavy atom. The van der Waals surface area contributed by atoms with Gasteiger partial charge < -0.3 is 0 Å². The summed E-state index contributed by atoms with van der Waals surface area (Å²) in [6, 6.07) is 0. The van der Waals surface area contributed by atoms with Crippen molar-refractivity contribution < 1.29 is 8.56 Å². The Labute approximate surface area is 82.1 Å². The summed E-state index contributed by atoms with van der Waals surface area (Å²) in [5.41, 5.74) is 0. The van der Waals surface area contributed by atoms with Gasteiger partial charge in [0.1, 0.15) is 0 Å². The van der Waals surface area contributed by atoms with E-state index in [0.29, 0.717) is 6.42 Å². The molecule has 0 aromatic carbocycles. The molecule has 0 spiro atoms. The molecule has 0 aliphatic rings. The van der Waals surface area contributed by atoms with Crippen molar-refractivity contribution in [3.63, 3.8) is 0 Å². The molecule has 0 unspecified atom stereocenters. The van der Waals surface area contributed by atoms with E-state index in [-0.39, 0.29) is 5.97 Å². The fourth-order valence-electron chi connectivity index (χ4n) is 0.692. The molecule has 0 saturated carbocycles. The van der Waals surface area contributed by atoms with Gasteiger partial charge in [-0.05, 0) is 0 Å². The molecule has 72 valence electrons. The topological polar surface area (TPSA) is 26.3 Å². The third kappa shape index (κ3) is 8.46. The van der Waals surface area contributed by atoms with Gasteiger partial charge in [-0.1, -0.05) is 0 Å². The monoisotopic (exact) mass is 252 g/mol. The van der Waals surface area contributed by atoms with E-state index in [1.807, 2.05) is 0 Å². The van der Waals surface area contributed by atoms with Crippen LogP contribution < -0.4 is 0 Å². The van der Waals surface area contributed by atoms with E-state index >= 15 is 0 Å². The number of carbonyl (C=O) groups is 1. The fourth-order valence-corrected chi connectivity index (χ4v) is 2.94. The number of hydrogen-bond acceptors (Lipinski definition) is 3. The van der Waals surface area contributed by atoms with Gasteiger partial charge in [-0.2, -0.15) is 0 Å². The van der Waals surface area contributed by atoms with Crippen LogP contribution in [0, 0.1) is 0 Å². The molecule has 4 heteroatoms. The van der Waals surface area contributed by atoms with E-state index in [1.165, 1.54) is 0 Å². The molecule has 2 nitrogen and oxygen atoms in total. The van der Waals surface area contributed by atoms with Crippen LogP contribution in [0.3, 0.4) is 0 Å². The van der Waals surface area contributed by atoms with Gasteiger partial charge in [0.2, 0.25) is 0 Å². The van der Waals surface area contributed by atoms with E-state index in [2.05, 4.69) is 24.2 Å². The predicted molar refractivity (Wildman–Crippen MR) is 57.1 cm³/mol. The van der Waals surface area contributed by atoms with Crippen LogP contribution in [-0.2, 0) is 8.56 Å². The third-order valence-corrected chi connectivity index (χ3v) is 3.74. The Hall–Kier alpha value is 0.363. The van der Waals surface area contributed by atoms with Crippen molar-refractivity contribution in [2.75, 3.05) is 11.5 Å². The summed E-state index contributed by atoms with van der Waals surface area (Å²) in [7, 11) is 0. The molecule has 0 bridgehead atoms. The summed E-state index contributed by atoms with van der Waals surface area (Å²) in [6.45, 7) is 2.09. The van der Waals surface area contributed by atoms with E-state index < -0.39 is 13.6 Å². The van der Waals surface area contributed by atoms with E-state index in [9.17, 15) is 4.79 Å². The minimum atomic E-state index is -2.09. The zero-order chi connectivity index (χ0) is 9.61. The summed E-state index contributed by atoms with van der Waals surface area (Å²) in [6.07, 6.45) is 0.570. The van der Waals surface area contributed by atoms with Crippen molar-refractivity contribution >= 4 is 31.3 Å². The van der Waals surface area contributed by atoms with Crippen LogP contribution in [0.15, 0.2) is 0 Å². The average Bonchev–Trinajstić information content (AvgIpc) is 1.84. The second-order valence-corrected chi connectivity index (χ2v) is 14.2. The summed E-state index contributed by atoms with van der Waals surface area (Å²) < 4.78 is 5.32. The number of rotatable bonds is 5. The van der Waals surface area contributed by atoms with Crippen LogP contribution in [-0.4, -0.2) is 31.1 Å². The van der Waals surface area contributed by atoms with E-state index in [0.717, 1.165) is 11.5 Å². The average molecular weight is 251 g/mol. The van der Waals surface area contributed by atoms with Crippen LogP contribution in [0.4, 0.5) is 0 Å². The molecule has 0 aliphatic heterocycles. The SMILES string of the molecule is CCSCCC(=O)[O][Ge]([CH3])([CH3])[CH3].